The first-order valence-corrected chi connectivity index (χ1v) is 6.69. The molecule has 0 amide bonds. The quantitative estimate of drug-likeness (QED) is 0.771. The monoisotopic (exact) mass is 261 g/mol. The Labute approximate surface area is 115 Å². The number of fused-ring (bicyclic) bond motifs is 1. The van der Waals surface area contributed by atoms with E-state index in [0.717, 1.165) is 31.9 Å². The highest BCUT2D eigenvalue weighted by Crippen LogP contribution is 2.21. The molecule has 19 heavy (non-hydrogen) atoms. The molecular weight excluding hydrogens is 238 g/mol. The molecule has 1 aromatic carbocycles. The van der Waals surface area contributed by atoms with Crippen molar-refractivity contribution in [1.82, 2.24) is 14.8 Å². The Bertz CT molecular complexity index is 519. The summed E-state index contributed by atoms with van der Waals surface area (Å²) in [5.74, 6) is 0.911. The Balaban J connectivity index is 1.90. The molecule has 0 aliphatic heterocycles. The largest absolute Gasteiger partial charge is 0.497 e. The molecule has 104 valence electrons. The molecule has 0 aliphatic carbocycles. The van der Waals surface area contributed by atoms with Gasteiger partial charge in [0.2, 0.25) is 0 Å². The van der Waals surface area contributed by atoms with Crippen LogP contribution in [0, 0.1) is 0 Å². The minimum atomic E-state index is 0.911. The van der Waals surface area contributed by atoms with Crippen molar-refractivity contribution >= 4 is 10.9 Å². The first kappa shape index (κ1) is 13.9. The zero-order valence-corrected chi connectivity index (χ0v) is 12.0. The number of aromatic nitrogens is 1. The van der Waals surface area contributed by atoms with E-state index in [4.69, 9.17) is 4.74 Å². The molecule has 2 aromatic rings. The van der Waals surface area contributed by atoms with E-state index in [-0.39, 0.29) is 0 Å². The Morgan fingerprint density at radius 3 is 2.79 bits per heavy atom. The van der Waals surface area contributed by atoms with E-state index >= 15 is 0 Å². The second-order valence-electron chi connectivity index (χ2n) is 4.99. The van der Waals surface area contributed by atoms with E-state index in [0.29, 0.717) is 0 Å². The van der Waals surface area contributed by atoms with Crippen molar-refractivity contribution in [2.45, 2.75) is 6.54 Å². The van der Waals surface area contributed by atoms with Gasteiger partial charge in [-0.3, -0.25) is 0 Å². The van der Waals surface area contributed by atoms with Crippen LogP contribution in [-0.2, 0) is 6.54 Å². The second kappa shape index (κ2) is 6.59. The van der Waals surface area contributed by atoms with Crippen LogP contribution in [0.1, 0.15) is 0 Å². The molecule has 4 nitrogen and oxygen atoms in total. The third-order valence-electron chi connectivity index (χ3n) is 3.24. The maximum absolute atomic E-state index is 5.24. The van der Waals surface area contributed by atoms with Crippen molar-refractivity contribution in [3.63, 3.8) is 0 Å². The lowest BCUT2D eigenvalue weighted by Gasteiger charge is -2.11. The van der Waals surface area contributed by atoms with E-state index in [1.807, 2.05) is 6.07 Å². The van der Waals surface area contributed by atoms with Crippen LogP contribution >= 0.6 is 0 Å². The molecule has 0 unspecified atom stereocenters. The van der Waals surface area contributed by atoms with Gasteiger partial charge in [0.15, 0.2) is 0 Å². The van der Waals surface area contributed by atoms with E-state index < -0.39 is 0 Å². The molecule has 1 aromatic heterocycles. The third kappa shape index (κ3) is 3.72. The van der Waals surface area contributed by atoms with Gasteiger partial charge in [0.25, 0.3) is 0 Å². The van der Waals surface area contributed by atoms with Crippen LogP contribution in [0.4, 0.5) is 0 Å². The fraction of sp³-hybridized carbons (Fsp3) is 0.467. The Morgan fingerprint density at radius 1 is 1.21 bits per heavy atom. The van der Waals surface area contributed by atoms with Gasteiger partial charge in [-0.2, -0.15) is 0 Å². The maximum atomic E-state index is 5.24. The summed E-state index contributed by atoms with van der Waals surface area (Å²) in [5, 5.41) is 4.68. The molecule has 0 spiro atoms. The van der Waals surface area contributed by atoms with E-state index in [1.54, 1.807) is 7.11 Å². The summed E-state index contributed by atoms with van der Waals surface area (Å²) in [4.78, 5) is 2.18. The number of nitrogens with one attached hydrogen (secondary N) is 1. The SMILES string of the molecule is COc1ccc2c(ccn2CCNCCN(C)C)c1. The first-order valence-electron chi connectivity index (χ1n) is 6.69. The number of likely N-dealkylation sites (N-methyl/N-ethyl adjacent to an activating group) is 1. The Hall–Kier alpha value is -1.52. The molecule has 1 heterocycles. The van der Waals surface area contributed by atoms with Gasteiger partial charge in [0, 0.05) is 43.3 Å². The summed E-state index contributed by atoms with van der Waals surface area (Å²) in [6.45, 7) is 4.08. The van der Waals surface area contributed by atoms with E-state index in [1.165, 1.54) is 10.9 Å². The number of ether oxygens (including phenoxy) is 1. The standard InChI is InChI=1S/C15H23N3O/c1-17(2)10-7-16-8-11-18-9-6-13-12-14(19-3)4-5-15(13)18/h4-6,9,12,16H,7-8,10-11H2,1-3H3. The van der Waals surface area contributed by atoms with Crippen molar-refractivity contribution < 1.29 is 4.74 Å². The van der Waals surface area contributed by atoms with Crippen LogP contribution in [0.2, 0.25) is 0 Å². The summed E-state index contributed by atoms with van der Waals surface area (Å²) >= 11 is 0. The maximum Gasteiger partial charge on any atom is 0.119 e. The van der Waals surface area contributed by atoms with Crippen molar-refractivity contribution in [3.05, 3.63) is 30.5 Å². The van der Waals surface area contributed by atoms with E-state index in [2.05, 4.69) is 53.3 Å². The van der Waals surface area contributed by atoms with Crippen LogP contribution < -0.4 is 10.1 Å². The van der Waals surface area contributed by atoms with Crippen molar-refractivity contribution in [2.24, 2.45) is 0 Å². The number of hydrogen-bond donors (Lipinski definition) is 1. The summed E-state index contributed by atoms with van der Waals surface area (Å²) in [6, 6.07) is 8.34. The number of nitrogens with zero attached hydrogens (tertiary/aromatic N) is 2. The molecule has 0 radical (unpaired) electrons. The average molecular weight is 261 g/mol. The second-order valence-corrected chi connectivity index (χ2v) is 4.99. The normalized spacial score (nSPS) is 11.4. The Morgan fingerprint density at radius 2 is 2.05 bits per heavy atom. The van der Waals surface area contributed by atoms with Gasteiger partial charge in [-0.15, -0.1) is 0 Å². The van der Waals surface area contributed by atoms with Crippen LogP contribution in [-0.4, -0.2) is 50.3 Å². The Kier molecular flexibility index (Phi) is 4.82. The van der Waals surface area contributed by atoms with Crippen molar-refractivity contribution in [1.29, 1.82) is 0 Å². The summed E-state index contributed by atoms with van der Waals surface area (Å²) < 4.78 is 7.52. The molecule has 0 aliphatic rings. The highest BCUT2D eigenvalue weighted by atomic mass is 16.5. The highest BCUT2D eigenvalue weighted by molar-refractivity contribution is 5.81. The summed E-state index contributed by atoms with van der Waals surface area (Å²) in [7, 11) is 5.88. The van der Waals surface area contributed by atoms with Gasteiger partial charge in [0.1, 0.15) is 5.75 Å². The summed E-state index contributed by atoms with van der Waals surface area (Å²) in [5.41, 5.74) is 1.26. The van der Waals surface area contributed by atoms with Gasteiger partial charge in [-0.05, 0) is 38.4 Å². The third-order valence-corrected chi connectivity index (χ3v) is 3.24. The average Bonchev–Trinajstić information content (AvgIpc) is 2.80. The number of hydrogen-bond acceptors (Lipinski definition) is 3. The topological polar surface area (TPSA) is 29.4 Å². The molecule has 0 bridgehead atoms. The zero-order valence-electron chi connectivity index (χ0n) is 12.0. The van der Waals surface area contributed by atoms with Crippen LogP contribution in [0.3, 0.4) is 0 Å². The van der Waals surface area contributed by atoms with Crippen LogP contribution in [0.25, 0.3) is 10.9 Å². The molecule has 0 atom stereocenters. The molecule has 0 saturated carbocycles. The van der Waals surface area contributed by atoms with Gasteiger partial charge in [-0.25, -0.2) is 0 Å². The summed E-state index contributed by atoms with van der Waals surface area (Å²) in [6.07, 6.45) is 2.14. The predicted octanol–water partition coefficient (Wildman–Crippen LogP) is 1.80. The van der Waals surface area contributed by atoms with Crippen LogP contribution in [0.15, 0.2) is 30.5 Å². The minimum absolute atomic E-state index is 0.911. The van der Waals surface area contributed by atoms with Gasteiger partial charge in [0.05, 0.1) is 7.11 Å². The lowest BCUT2D eigenvalue weighted by molar-refractivity contribution is 0.398. The smallest absolute Gasteiger partial charge is 0.119 e. The fourth-order valence-corrected chi connectivity index (χ4v) is 2.13. The predicted molar refractivity (Wildman–Crippen MR) is 79.9 cm³/mol. The van der Waals surface area contributed by atoms with Gasteiger partial charge < -0.3 is 19.5 Å². The molecular formula is C15H23N3O. The highest BCUT2D eigenvalue weighted by Gasteiger charge is 2.02. The molecule has 1 N–H and O–H groups in total. The lowest BCUT2D eigenvalue weighted by Crippen LogP contribution is -2.28. The van der Waals surface area contributed by atoms with Crippen molar-refractivity contribution in [2.75, 3.05) is 40.8 Å². The van der Waals surface area contributed by atoms with Gasteiger partial charge >= 0.3 is 0 Å². The fourth-order valence-electron chi connectivity index (χ4n) is 2.13. The van der Waals surface area contributed by atoms with E-state index in [9.17, 15) is 0 Å². The van der Waals surface area contributed by atoms with Crippen molar-refractivity contribution in [3.8, 4) is 5.75 Å². The first-order chi connectivity index (χ1) is 9.20. The number of methoxy groups -OCH3 is 1. The molecule has 0 fully saturated rings. The molecule has 2 rings (SSSR count). The lowest BCUT2D eigenvalue weighted by atomic mass is 10.2. The minimum Gasteiger partial charge on any atom is -0.497 e. The molecule has 4 heteroatoms. The number of rotatable bonds is 7. The van der Waals surface area contributed by atoms with Crippen LogP contribution in [0.5, 0.6) is 5.75 Å². The zero-order chi connectivity index (χ0) is 13.7. The molecule has 0 saturated heterocycles. The van der Waals surface area contributed by atoms with Gasteiger partial charge in [-0.1, -0.05) is 0 Å². The number of benzene rings is 1.